The van der Waals surface area contributed by atoms with Crippen LogP contribution in [0.25, 0.3) is 0 Å². The van der Waals surface area contributed by atoms with E-state index in [0.29, 0.717) is 21.7 Å². The van der Waals surface area contributed by atoms with Gasteiger partial charge in [-0.25, -0.2) is 0 Å². The first-order valence-corrected chi connectivity index (χ1v) is 8.22. The van der Waals surface area contributed by atoms with E-state index >= 15 is 0 Å². The number of aryl methyl sites for hydroxylation is 1. The van der Waals surface area contributed by atoms with Crippen molar-refractivity contribution in [3.05, 3.63) is 63.7 Å². The van der Waals surface area contributed by atoms with Crippen LogP contribution >= 0.6 is 24.0 Å². The molecule has 25 heavy (non-hydrogen) atoms. The summed E-state index contributed by atoms with van der Waals surface area (Å²) in [5.41, 5.74) is 2.42. The fourth-order valence-electron chi connectivity index (χ4n) is 2.25. The Balaban J connectivity index is 0.00000134. The molecule has 2 aromatic carbocycles. The van der Waals surface area contributed by atoms with Crippen molar-refractivity contribution >= 4 is 29.8 Å². The summed E-state index contributed by atoms with van der Waals surface area (Å²) in [6.07, 6.45) is 0. The average molecular weight is 384 g/mol. The molecule has 0 spiro atoms. The smallest absolute Gasteiger partial charge is 0.193 e. The van der Waals surface area contributed by atoms with Crippen molar-refractivity contribution in [3.63, 3.8) is 0 Å². The van der Waals surface area contributed by atoms with E-state index in [1.165, 1.54) is 0 Å². The Hall–Kier alpha value is -1.55. The van der Waals surface area contributed by atoms with Crippen molar-refractivity contribution in [2.24, 2.45) is 0 Å². The van der Waals surface area contributed by atoms with Crippen LogP contribution in [0.2, 0.25) is 5.02 Å². The third-order valence-corrected chi connectivity index (χ3v) is 3.73. The van der Waals surface area contributed by atoms with Gasteiger partial charge in [-0.05, 0) is 68.4 Å². The molecular weight excluding hydrogens is 357 g/mol. The molecule has 0 atom stereocenters. The summed E-state index contributed by atoms with van der Waals surface area (Å²) in [6, 6.07) is 10.3. The summed E-state index contributed by atoms with van der Waals surface area (Å²) in [7, 11) is 3.75. The molecule has 2 rings (SSSR count). The maximum absolute atomic E-state index is 12.6. The molecule has 0 fully saturated rings. The van der Waals surface area contributed by atoms with Crippen molar-refractivity contribution < 1.29 is 9.90 Å². The Bertz CT molecular complexity index is 705. The van der Waals surface area contributed by atoms with Crippen molar-refractivity contribution in [1.82, 2.24) is 5.32 Å². The summed E-state index contributed by atoms with van der Waals surface area (Å²) in [5.74, 6) is 0.190. The van der Waals surface area contributed by atoms with E-state index in [1.807, 2.05) is 41.8 Å². The number of halogens is 2. The van der Waals surface area contributed by atoms with Gasteiger partial charge in [-0.1, -0.05) is 32.4 Å². The third-order valence-electron chi connectivity index (χ3n) is 3.48. The number of aromatic hydroxyl groups is 1. The first-order chi connectivity index (χ1) is 11.1. The second-order valence-electron chi connectivity index (χ2n) is 6.78. The fraction of sp³-hybridized carbons (Fsp3) is 0.350. The molecule has 0 heterocycles. The Kier molecular flexibility index (Phi) is 9.20. The van der Waals surface area contributed by atoms with Crippen LogP contribution in [0, 0.1) is 6.92 Å². The maximum atomic E-state index is 12.6. The van der Waals surface area contributed by atoms with Crippen molar-refractivity contribution in [2.45, 2.75) is 33.1 Å². The van der Waals surface area contributed by atoms with E-state index in [2.05, 4.69) is 5.32 Å². The van der Waals surface area contributed by atoms with Crippen molar-refractivity contribution in [1.29, 1.82) is 0 Å². The molecule has 0 radical (unpaired) electrons. The van der Waals surface area contributed by atoms with E-state index in [-0.39, 0.29) is 29.4 Å². The maximum Gasteiger partial charge on any atom is 0.193 e. The van der Waals surface area contributed by atoms with Crippen LogP contribution < -0.4 is 5.32 Å². The number of phenolic OH excluding ortho intramolecular Hbond substituents is 1. The lowest BCUT2D eigenvalue weighted by Crippen LogP contribution is -2.14. The van der Waals surface area contributed by atoms with E-state index in [0.717, 1.165) is 5.56 Å². The van der Waals surface area contributed by atoms with Gasteiger partial charge in [0, 0.05) is 21.7 Å². The Morgan fingerprint density at radius 3 is 1.96 bits per heavy atom. The lowest BCUT2D eigenvalue weighted by Gasteiger charge is -2.22. The minimum Gasteiger partial charge on any atom is -0.507 e. The van der Waals surface area contributed by atoms with Gasteiger partial charge < -0.3 is 10.4 Å². The first-order valence-electron chi connectivity index (χ1n) is 7.84. The number of carbonyl (C=O) groups is 1. The summed E-state index contributed by atoms with van der Waals surface area (Å²) in [6.45, 7) is 7.84. The highest BCUT2D eigenvalue weighted by Gasteiger charge is 2.22. The second kappa shape index (κ2) is 9.81. The van der Waals surface area contributed by atoms with Gasteiger partial charge in [0.05, 0.1) is 0 Å². The van der Waals surface area contributed by atoms with E-state index < -0.39 is 0 Å². The van der Waals surface area contributed by atoms with Gasteiger partial charge in [-0.15, -0.1) is 12.4 Å². The number of hydrogen-bond donors (Lipinski definition) is 2. The molecular formula is C20H27Cl2NO2. The van der Waals surface area contributed by atoms with Gasteiger partial charge in [-0.3, -0.25) is 4.79 Å². The molecule has 0 unspecified atom stereocenters. The molecule has 0 amide bonds. The van der Waals surface area contributed by atoms with Gasteiger partial charge in [0.2, 0.25) is 0 Å². The molecule has 0 aliphatic rings. The molecule has 0 saturated carbocycles. The van der Waals surface area contributed by atoms with Crippen molar-refractivity contribution in [2.75, 3.05) is 14.1 Å². The van der Waals surface area contributed by atoms with E-state index in [9.17, 15) is 9.90 Å². The third kappa shape index (κ3) is 6.35. The number of carbonyl (C=O) groups excluding carboxylic acids is 1. The highest BCUT2D eigenvalue weighted by molar-refractivity contribution is 6.30. The predicted molar refractivity (Wildman–Crippen MR) is 109 cm³/mol. The van der Waals surface area contributed by atoms with Crippen LogP contribution in [-0.2, 0) is 5.41 Å². The number of hydrogen-bond acceptors (Lipinski definition) is 3. The lowest BCUT2D eigenvalue weighted by molar-refractivity contribution is 0.103. The standard InChI is InChI=1S/C18H19ClO2.C2H7N.ClH/c1-11-9-13(10-15(16(11)20)18(2,3)4)17(21)12-5-7-14(19)8-6-12;1-3-2;/h5-10,20H,1-4H3;3H,1-2H3;1H. The lowest BCUT2D eigenvalue weighted by atomic mass is 9.83. The summed E-state index contributed by atoms with van der Waals surface area (Å²) in [4.78, 5) is 12.6. The van der Waals surface area contributed by atoms with Gasteiger partial charge in [0.25, 0.3) is 0 Å². The van der Waals surface area contributed by atoms with Crippen molar-refractivity contribution in [3.8, 4) is 5.75 Å². The zero-order valence-electron chi connectivity index (χ0n) is 15.6. The van der Waals surface area contributed by atoms with Crippen LogP contribution in [0.1, 0.15) is 47.8 Å². The first kappa shape index (κ1) is 23.4. The molecule has 3 nitrogen and oxygen atoms in total. The molecule has 0 aliphatic carbocycles. The number of benzene rings is 2. The fourth-order valence-corrected chi connectivity index (χ4v) is 2.38. The molecule has 2 aromatic rings. The Labute approximate surface area is 161 Å². The minimum atomic E-state index is -0.231. The van der Waals surface area contributed by atoms with E-state index in [1.54, 1.807) is 36.4 Å². The van der Waals surface area contributed by atoms with E-state index in [4.69, 9.17) is 11.6 Å². The SMILES string of the molecule is CNC.Cc1cc(C(=O)c2ccc(Cl)cc2)cc(C(C)(C)C)c1O.Cl. The van der Waals surface area contributed by atoms with Crippen LogP contribution in [-0.4, -0.2) is 25.0 Å². The molecule has 0 aliphatic heterocycles. The molecule has 0 aromatic heterocycles. The summed E-state index contributed by atoms with van der Waals surface area (Å²) >= 11 is 5.85. The zero-order chi connectivity index (χ0) is 18.5. The van der Waals surface area contributed by atoms with Gasteiger partial charge in [-0.2, -0.15) is 0 Å². The minimum absolute atomic E-state index is 0. The molecule has 0 bridgehead atoms. The van der Waals surface area contributed by atoms with Crippen LogP contribution in [0.15, 0.2) is 36.4 Å². The molecule has 138 valence electrons. The Morgan fingerprint density at radius 1 is 1.04 bits per heavy atom. The highest BCUT2D eigenvalue weighted by Crippen LogP contribution is 2.34. The van der Waals surface area contributed by atoms with Crippen LogP contribution in [0.4, 0.5) is 0 Å². The van der Waals surface area contributed by atoms with Crippen LogP contribution in [0.3, 0.4) is 0 Å². The average Bonchev–Trinajstić information content (AvgIpc) is 2.49. The number of phenols is 1. The monoisotopic (exact) mass is 383 g/mol. The molecule has 5 heteroatoms. The second-order valence-corrected chi connectivity index (χ2v) is 7.21. The predicted octanol–water partition coefficient (Wildman–Crippen LogP) is 5.14. The number of ketones is 1. The highest BCUT2D eigenvalue weighted by atomic mass is 35.5. The normalized spacial score (nSPS) is 10.4. The number of rotatable bonds is 2. The molecule has 0 saturated heterocycles. The van der Waals surface area contributed by atoms with Gasteiger partial charge in [0.1, 0.15) is 5.75 Å². The molecule has 2 N–H and O–H groups in total. The largest absolute Gasteiger partial charge is 0.507 e. The van der Waals surface area contributed by atoms with Gasteiger partial charge >= 0.3 is 0 Å². The van der Waals surface area contributed by atoms with Crippen LogP contribution in [0.5, 0.6) is 5.75 Å². The quantitative estimate of drug-likeness (QED) is 0.705. The number of nitrogens with one attached hydrogen (secondary N) is 1. The Morgan fingerprint density at radius 2 is 1.52 bits per heavy atom. The van der Waals surface area contributed by atoms with Gasteiger partial charge in [0.15, 0.2) is 5.78 Å². The summed E-state index contributed by atoms with van der Waals surface area (Å²) in [5, 5.41) is 13.6. The topological polar surface area (TPSA) is 49.3 Å². The summed E-state index contributed by atoms with van der Waals surface area (Å²) < 4.78 is 0. The zero-order valence-corrected chi connectivity index (χ0v) is 17.2.